The molecule has 0 spiro atoms. The molecule has 1 saturated carbocycles. The normalized spacial score (nSPS) is 29.8. The monoisotopic (exact) mass is 235 g/mol. The second-order valence-electron chi connectivity index (χ2n) is 3.73. The van der Waals surface area contributed by atoms with Gasteiger partial charge >= 0.3 is 0 Å². The maximum absolute atomic E-state index is 4.66. The predicted molar refractivity (Wildman–Crippen MR) is 58.0 cm³/mol. The first-order chi connectivity index (χ1) is 6.31. The minimum atomic E-state index is 0.101. The van der Waals surface area contributed by atoms with E-state index in [2.05, 4.69) is 45.2 Å². The van der Waals surface area contributed by atoms with Gasteiger partial charge in [-0.2, -0.15) is 0 Å². The largest absolute Gasteiger partial charge is 0.256 e. The molecule has 0 N–H and O–H groups in total. The summed E-state index contributed by atoms with van der Waals surface area (Å²) in [6.07, 6.45) is 3.61. The van der Waals surface area contributed by atoms with Gasteiger partial charge in [0.25, 0.3) is 0 Å². The van der Waals surface area contributed by atoms with Crippen molar-refractivity contribution in [1.29, 1.82) is 0 Å². The molecule has 0 bridgehead atoms. The molecule has 0 radical (unpaired) electrons. The fourth-order valence-corrected chi connectivity index (χ4v) is 3.23. The Hall–Kier alpha value is -0.630. The fourth-order valence-electron chi connectivity index (χ4n) is 2.33. The van der Waals surface area contributed by atoms with Gasteiger partial charge in [0, 0.05) is 11.3 Å². The number of para-hydroxylation sites is 1. The SMILES string of the molecule is BrC12CCCC1=Nc1ccccc12. The van der Waals surface area contributed by atoms with Crippen LogP contribution in [0.1, 0.15) is 24.8 Å². The standard InChI is InChI=1S/C11H10BrN/c12-11-7-3-6-10(11)13-9-5-2-1-4-8(9)11/h1-2,4-5H,3,6-7H2. The highest BCUT2D eigenvalue weighted by Gasteiger charge is 2.43. The van der Waals surface area contributed by atoms with Crippen LogP contribution in [0, 0.1) is 0 Å². The first kappa shape index (κ1) is 7.74. The molecule has 0 saturated heterocycles. The average molecular weight is 236 g/mol. The smallest absolute Gasteiger partial charge is 0.0907 e. The van der Waals surface area contributed by atoms with Crippen molar-refractivity contribution in [3.05, 3.63) is 29.8 Å². The molecule has 1 aliphatic carbocycles. The molecular formula is C11H10BrN. The van der Waals surface area contributed by atoms with Crippen molar-refractivity contribution >= 4 is 27.3 Å². The van der Waals surface area contributed by atoms with E-state index in [4.69, 9.17) is 0 Å². The Morgan fingerprint density at radius 2 is 2.15 bits per heavy atom. The summed E-state index contributed by atoms with van der Waals surface area (Å²) in [7, 11) is 0. The minimum Gasteiger partial charge on any atom is -0.256 e. The number of nitrogens with zero attached hydrogens (tertiary/aromatic N) is 1. The molecule has 1 fully saturated rings. The lowest BCUT2D eigenvalue weighted by molar-refractivity contribution is 0.777. The molecule has 2 heteroatoms. The van der Waals surface area contributed by atoms with E-state index < -0.39 is 0 Å². The highest BCUT2D eigenvalue weighted by molar-refractivity contribution is 9.10. The van der Waals surface area contributed by atoms with E-state index in [9.17, 15) is 0 Å². The summed E-state index contributed by atoms with van der Waals surface area (Å²) in [4.78, 5) is 4.66. The summed E-state index contributed by atoms with van der Waals surface area (Å²) < 4.78 is 0.101. The quantitative estimate of drug-likeness (QED) is 0.611. The highest BCUT2D eigenvalue weighted by Crippen LogP contribution is 2.52. The number of aliphatic imine (C=N–C) groups is 1. The van der Waals surface area contributed by atoms with E-state index in [0.29, 0.717) is 0 Å². The molecule has 13 heavy (non-hydrogen) atoms. The Kier molecular flexibility index (Phi) is 1.46. The Bertz CT molecular complexity index is 397. The van der Waals surface area contributed by atoms with Gasteiger partial charge in [0.15, 0.2) is 0 Å². The number of rotatable bonds is 0. The van der Waals surface area contributed by atoms with E-state index in [1.54, 1.807) is 0 Å². The molecule has 1 nitrogen and oxygen atoms in total. The van der Waals surface area contributed by atoms with Crippen LogP contribution in [-0.2, 0) is 4.32 Å². The van der Waals surface area contributed by atoms with Crippen LogP contribution in [0.15, 0.2) is 29.3 Å². The summed E-state index contributed by atoms with van der Waals surface area (Å²) in [5.74, 6) is 0. The zero-order valence-electron chi connectivity index (χ0n) is 7.26. The summed E-state index contributed by atoms with van der Waals surface area (Å²) in [5.41, 5.74) is 3.85. The third-order valence-electron chi connectivity index (χ3n) is 2.98. The lowest BCUT2D eigenvalue weighted by Crippen LogP contribution is -2.18. The third kappa shape index (κ3) is 0.896. The first-order valence-electron chi connectivity index (χ1n) is 4.67. The predicted octanol–water partition coefficient (Wildman–Crippen LogP) is 3.55. The number of benzene rings is 1. The van der Waals surface area contributed by atoms with Gasteiger partial charge in [-0.15, -0.1) is 0 Å². The van der Waals surface area contributed by atoms with Crippen molar-refractivity contribution in [1.82, 2.24) is 0 Å². The van der Waals surface area contributed by atoms with Gasteiger partial charge in [-0.1, -0.05) is 34.1 Å². The topological polar surface area (TPSA) is 12.4 Å². The second kappa shape index (κ2) is 2.44. The zero-order valence-corrected chi connectivity index (χ0v) is 8.84. The molecule has 1 aliphatic heterocycles. The Morgan fingerprint density at radius 3 is 3.08 bits per heavy atom. The number of alkyl halides is 1. The lowest BCUT2D eigenvalue weighted by atomic mass is 9.98. The van der Waals surface area contributed by atoms with E-state index in [0.717, 1.165) is 12.1 Å². The molecule has 0 amide bonds. The minimum absolute atomic E-state index is 0.101. The maximum Gasteiger partial charge on any atom is 0.0907 e. The third-order valence-corrected chi connectivity index (χ3v) is 4.26. The number of hydrogen-bond donors (Lipinski definition) is 0. The van der Waals surface area contributed by atoms with Crippen molar-refractivity contribution in [2.75, 3.05) is 0 Å². The van der Waals surface area contributed by atoms with Crippen LogP contribution in [0.4, 0.5) is 5.69 Å². The van der Waals surface area contributed by atoms with Crippen molar-refractivity contribution in [2.45, 2.75) is 23.6 Å². The van der Waals surface area contributed by atoms with Crippen LogP contribution < -0.4 is 0 Å². The Balaban J connectivity index is 2.25. The van der Waals surface area contributed by atoms with Gasteiger partial charge in [-0.25, -0.2) is 0 Å². The molecule has 1 unspecified atom stereocenters. The van der Waals surface area contributed by atoms with E-state index in [1.807, 2.05) is 0 Å². The van der Waals surface area contributed by atoms with Crippen molar-refractivity contribution in [3.63, 3.8) is 0 Å². The van der Waals surface area contributed by atoms with E-state index in [-0.39, 0.29) is 4.32 Å². The number of halogens is 1. The van der Waals surface area contributed by atoms with E-state index >= 15 is 0 Å². The molecule has 3 rings (SSSR count). The van der Waals surface area contributed by atoms with Gasteiger partial charge in [0.05, 0.1) is 10.0 Å². The van der Waals surface area contributed by atoms with Crippen LogP contribution in [0.25, 0.3) is 0 Å². The second-order valence-corrected chi connectivity index (χ2v) is 5.08. The van der Waals surface area contributed by atoms with Crippen molar-refractivity contribution < 1.29 is 0 Å². The molecular weight excluding hydrogens is 226 g/mol. The van der Waals surface area contributed by atoms with Crippen molar-refractivity contribution in [3.8, 4) is 0 Å². The molecule has 1 aromatic carbocycles. The molecule has 1 heterocycles. The maximum atomic E-state index is 4.66. The van der Waals surface area contributed by atoms with Crippen molar-refractivity contribution in [2.24, 2.45) is 4.99 Å². The summed E-state index contributed by atoms with van der Waals surface area (Å²) in [6.45, 7) is 0. The van der Waals surface area contributed by atoms with Gasteiger partial charge in [0.2, 0.25) is 0 Å². The molecule has 0 aromatic heterocycles. The van der Waals surface area contributed by atoms with Crippen LogP contribution in [-0.4, -0.2) is 5.71 Å². The summed E-state index contributed by atoms with van der Waals surface area (Å²) in [5, 5.41) is 0. The molecule has 2 aliphatic rings. The van der Waals surface area contributed by atoms with Gasteiger partial charge in [-0.05, 0) is 25.3 Å². The number of fused-ring (bicyclic) bond motifs is 3. The van der Waals surface area contributed by atoms with E-state index in [1.165, 1.54) is 24.1 Å². The lowest BCUT2D eigenvalue weighted by Gasteiger charge is -2.17. The Labute approximate surface area is 86.0 Å². The highest BCUT2D eigenvalue weighted by atomic mass is 79.9. The number of hydrogen-bond acceptors (Lipinski definition) is 1. The first-order valence-corrected chi connectivity index (χ1v) is 5.46. The molecule has 1 aromatic rings. The van der Waals surface area contributed by atoms with Crippen LogP contribution in [0.5, 0.6) is 0 Å². The zero-order chi connectivity index (χ0) is 8.89. The van der Waals surface area contributed by atoms with Crippen LogP contribution in [0.3, 0.4) is 0 Å². The average Bonchev–Trinajstić information content (AvgIpc) is 2.60. The van der Waals surface area contributed by atoms with Gasteiger partial charge in [-0.3, -0.25) is 4.99 Å². The Morgan fingerprint density at radius 1 is 1.31 bits per heavy atom. The molecule has 66 valence electrons. The van der Waals surface area contributed by atoms with Gasteiger partial charge in [0.1, 0.15) is 0 Å². The summed E-state index contributed by atoms with van der Waals surface area (Å²) in [6, 6.07) is 8.44. The summed E-state index contributed by atoms with van der Waals surface area (Å²) >= 11 is 3.84. The fraction of sp³-hybridized carbons (Fsp3) is 0.364. The van der Waals surface area contributed by atoms with Gasteiger partial charge < -0.3 is 0 Å². The van der Waals surface area contributed by atoms with Crippen LogP contribution >= 0.6 is 15.9 Å². The molecule has 1 atom stereocenters. The van der Waals surface area contributed by atoms with Crippen LogP contribution in [0.2, 0.25) is 0 Å².